The topological polar surface area (TPSA) is 112 Å². The van der Waals surface area contributed by atoms with Crippen LogP contribution in [0.2, 0.25) is 0 Å². The standard InChI is InChI=1S/C18H22N4O4/c1-2-21(10-12-24)16-5-3-15(4-6-16)19-20-18-8-7-17(22(25)26)13-14(18)9-11-23/h3-8,13,23-24H,2,9-12H2,1H3. The second-order valence-electron chi connectivity index (χ2n) is 5.56. The maximum absolute atomic E-state index is 10.9. The van der Waals surface area contributed by atoms with Crippen LogP contribution in [0.15, 0.2) is 52.7 Å². The minimum absolute atomic E-state index is 0.0414. The van der Waals surface area contributed by atoms with Crippen LogP contribution in [-0.4, -0.2) is 41.4 Å². The minimum atomic E-state index is -0.480. The first-order chi connectivity index (χ1) is 12.6. The Balaban J connectivity index is 2.19. The van der Waals surface area contributed by atoms with Crippen molar-refractivity contribution < 1.29 is 15.1 Å². The first kappa shape index (κ1) is 19.5. The number of likely N-dealkylation sites (N-methyl/N-ethyl adjacent to an activating group) is 1. The summed E-state index contributed by atoms with van der Waals surface area (Å²) in [5.74, 6) is 0. The monoisotopic (exact) mass is 358 g/mol. The Morgan fingerprint density at radius 2 is 1.81 bits per heavy atom. The maximum Gasteiger partial charge on any atom is 0.269 e. The average molecular weight is 358 g/mol. The Morgan fingerprint density at radius 3 is 2.38 bits per heavy atom. The van der Waals surface area contributed by atoms with Crippen LogP contribution < -0.4 is 4.90 Å². The molecule has 26 heavy (non-hydrogen) atoms. The van der Waals surface area contributed by atoms with Crippen molar-refractivity contribution in [1.82, 2.24) is 0 Å². The molecule has 2 aromatic rings. The number of aliphatic hydroxyl groups is 2. The lowest BCUT2D eigenvalue weighted by Gasteiger charge is -2.21. The highest BCUT2D eigenvalue weighted by Gasteiger charge is 2.10. The molecule has 0 radical (unpaired) electrons. The number of rotatable bonds is 9. The van der Waals surface area contributed by atoms with Gasteiger partial charge in [0.1, 0.15) is 0 Å². The molecule has 2 aromatic carbocycles. The summed E-state index contributed by atoms with van der Waals surface area (Å²) >= 11 is 0. The van der Waals surface area contributed by atoms with Gasteiger partial charge < -0.3 is 15.1 Å². The van der Waals surface area contributed by atoms with E-state index < -0.39 is 4.92 Å². The van der Waals surface area contributed by atoms with Gasteiger partial charge in [-0.25, -0.2) is 0 Å². The van der Waals surface area contributed by atoms with Gasteiger partial charge in [-0.1, -0.05) is 0 Å². The lowest BCUT2D eigenvalue weighted by atomic mass is 10.1. The van der Waals surface area contributed by atoms with Crippen molar-refractivity contribution in [2.75, 3.05) is 31.2 Å². The highest BCUT2D eigenvalue weighted by atomic mass is 16.6. The van der Waals surface area contributed by atoms with Crippen molar-refractivity contribution in [3.05, 3.63) is 58.1 Å². The molecule has 8 heteroatoms. The number of benzene rings is 2. The Bertz CT molecular complexity index is 762. The van der Waals surface area contributed by atoms with Gasteiger partial charge in [0.05, 0.1) is 22.9 Å². The quantitative estimate of drug-likeness (QED) is 0.405. The van der Waals surface area contributed by atoms with E-state index in [2.05, 4.69) is 10.2 Å². The SMILES string of the molecule is CCN(CCO)c1ccc(N=Nc2ccc([N+](=O)[O-])cc2CCO)cc1. The smallest absolute Gasteiger partial charge is 0.269 e. The Kier molecular flexibility index (Phi) is 7.19. The summed E-state index contributed by atoms with van der Waals surface area (Å²) in [6.45, 7) is 3.32. The van der Waals surface area contributed by atoms with Crippen molar-refractivity contribution in [1.29, 1.82) is 0 Å². The van der Waals surface area contributed by atoms with Crippen LogP contribution in [0.25, 0.3) is 0 Å². The van der Waals surface area contributed by atoms with Crippen molar-refractivity contribution in [3.8, 4) is 0 Å². The number of aliphatic hydroxyl groups excluding tert-OH is 2. The molecule has 0 unspecified atom stereocenters. The average Bonchev–Trinajstić information content (AvgIpc) is 2.65. The normalized spacial score (nSPS) is 11.0. The predicted molar refractivity (Wildman–Crippen MR) is 99.5 cm³/mol. The molecule has 0 atom stereocenters. The van der Waals surface area contributed by atoms with Crippen molar-refractivity contribution >= 4 is 22.7 Å². The van der Waals surface area contributed by atoms with Gasteiger partial charge in [0.25, 0.3) is 5.69 Å². The molecule has 0 aliphatic heterocycles. The molecule has 0 saturated heterocycles. The summed E-state index contributed by atoms with van der Waals surface area (Å²) in [6, 6.07) is 11.7. The maximum atomic E-state index is 10.9. The molecule has 0 aliphatic carbocycles. The molecule has 0 aliphatic rings. The molecule has 8 nitrogen and oxygen atoms in total. The van der Waals surface area contributed by atoms with Crippen LogP contribution in [0.3, 0.4) is 0 Å². The fraction of sp³-hybridized carbons (Fsp3) is 0.333. The fourth-order valence-corrected chi connectivity index (χ4v) is 2.54. The zero-order valence-corrected chi connectivity index (χ0v) is 14.6. The fourth-order valence-electron chi connectivity index (χ4n) is 2.54. The highest BCUT2D eigenvalue weighted by Crippen LogP contribution is 2.27. The third-order valence-corrected chi connectivity index (χ3v) is 3.89. The van der Waals surface area contributed by atoms with Gasteiger partial charge in [-0.2, -0.15) is 10.2 Å². The summed E-state index contributed by atoms with van der Waals surface area (Å²) < 4.78 is 0. The molecule has 0 amide bonds. The summed E-state index contributed by atoms with van der Waals surface area (Å²) in [6.07, 6.45) is 0.265. The molecular formula is C18H22N4O4. The number of non-ortho nitro benzene ring substituents is 1. The van der Waals surface area contributed by atoms with Gasteiger partial charge in [0.2, 0.25) is 0 Å². The van der Waals surface area contributed by atoms with E-state index >= 15 is 0 Å². The summed E-state index contributed by atoms with van der Waals surface area (Å²) in [5.41, 5.74) is 2.64. The molecular weight excluding hydrogens is 336 g/mol. The second-order valence-corrected chi connectivity index (χ2v) is 5.56. The van der Waals surface area contributed by atoms with Crippen LogP contribution in [0.1, 0.15) is 12.5 Å². The number of nitrogens with zero attached hydrogens (tertiary/aromatic N) is 4. The van der Waals surface area contributed by atoms with Gasteiger partial charge in [-0.3, -0.25) is 10.1 Å². The lowest BCUT2D eigenvalue weighted by molar-refractivity contribution is -0.384. The Hall–Kier alpha value is -2.84. The molecule has 2 N–H and O–H groups in total. The van der Waals surface area contributed by atoms with Crippen LogP contribution in [-0.2, 0) is 6.42 Å². The highest BCUT2D eigenvalue weighted by molar-refractivity contribution is 5.54. The van der Waals surface area contributed by atoms with Crippen molar-refractivity contribution in [2.24, 2.45) is 10.2 Å². The van der Waals surface area contributed by atoms with Gasteiger partial charge in [0.15, 0.2) is 0 Å². The van der Waals surface area contributed by atoms with E-state index in [1.165, 1.54) is 18.2 Å². The van der Waals surface area contributed by atoms with E-state index in [-0.39, 0.29) is 25.3 Å². The second kappa shape index (κ2) is 9.59. The molecule has 0 fully saturated rings. The predicted octanol–water partition coefficient (Wildman–Crippen LogP) is 3.36. The van der Waals surface area contributed by atoms with Crippen molar-refractivity contribution in [3.63, 3.8) is 0 Å². The summed E-state index contributed by atoms with van der Waals surface area (Å²) in [5, 5.41) is 37.4. The molecule has 0 bridgehead atoms. The number of nitro benzene ring substituents is 1. The Morgan fingerprint density at radius 1 is 1.08 bits per heavy atom. The van der Waals surface area contributed by atoms with E-state index in [4.69, 9.17) is 10.2 Å². The first-order valence-corrected chi connectivity index (χ1v) is 8.34. The molecule has 0 aromatic heterocycles. The first-order valence-electron chi connectivity index (χ1n) is 8.34. The number of azo groups is 1. The third kappa shape index (κ3) is 5.08. The minimum Gasteiger partial charge on any atom is -0.396 e. The zero-order chi connectivity index (χ0) is 18.9. The van der Waals surface area contributed by atoms with E-state index in [1.807, 2.05) is 36.1 Å². The van der Waals surface area contributed by atoms with E-state index in [0.717, 1.165) is 12.2 Å². The van der Waals surface area contributed by atoms with E-state index in [9.17, 15) is 10.1 Å². The lowest BCUT2D eigenvalue weighted by Crippen LogP contribution is -2.25. The zero-order valence-electron chi connectivity index (χ0n) is 14.6. The largest absolute Gasteiger partial charge is 0.396 e. The van der Waals surface area contributed by atoms with Gasteiger partial charge in [0, 0.05) is 37.5 Å². The van der Waals surface area contributed by atoms with Crippen LogP contribution in [0, 0.1) is 10.1 Å². The third-order valence-electron chi connectivity index (χ3n) is 3.89. The Labute approximate surface area is 151 Å². The number of nitro groups is 1. The number of hydrogen-bond acceptors (Lipinski definition) is 7. The van der Waals surface area contributed by atoms with Crippen LogP contribution in [0.4, 0.5) is 22.7 Å². The van der Waals surface area contributed by atoms with Gasteiger partial charge in [-0.15, -0.1) is 0 Å². The van der Waals surface area contributed by atoms with Gasteiger partial charge >= 0.3 is 0 Å². The summed E-state index contributed by atoms with van der Waals surface area (Å²) in [4.78, 5) is 12.4. The van der Waals surface area contributed by atoms with Crippen LogP contribution in [0.5, 0.6) is 0 Å². The molecule has 0 saturated carbocycles. The molecule has 138 valence electrons. The van der Waals surface area contributed by atoms with Gasteiger partial charge in [-0.05, 0) is 49.2 Å². The van der Waals surface area contributed by atoms with Crippen LogP contribution >= 0.6 is 0 Å². The van der Waals surface area contributed by atoms with E-state index in [0.29, 0.717) is 23.5 Å². The number of anilines is 1. The van der Waals surface area contributed by atoms with Crippen molar-refractivity contribution in [2.45, 2.75) is 13.3 Å². The molecule has 0 heterocycles. The molecule has 2 rings (SSSR count). The number of hydrogen-bond donors (Lipinski definition) is 2. The molecule has 0 spiro atoms. The summed E-state index contributed by atoms with van der Waals surface area (Å²) in [7, 11) is 0. The van der Waals surface area contributed by atoms with E-state index in [1.54, 1.807) is 0 Å².